The fourth-order valence-corrected chi connectivity index (χ4v) is 13.9. The highest BCUT2D eigenvalue weighted by Crippen LogP contribution is 2.48. The third-order valence-corrected chi connectivity index (χ3v) is 16.6. The van der Waals surface area contributed by atoms with Crippen molar-refractivity contribution in [1.29, 1.82) is 0 Å². The van der Waals surface area contributed by atoms with E-state index in [-0.39, 0.29) is 23.7 Å². The lowest BCUT2D eigenvalue weighted by atomic mass is 9.88. The molecule has 2 N–H and O–H groups in total. The van der Waals surface area contributed by atoms with Crippen LogP contribution in [0, 0.1) is 23.7 Å². The van der Waals surface area contributed by atoms with Gasteiger partial charge >= 0.3 is 0 Å². The Hall–Kier alpha value is -7.10. The van der Waals surface area contributed by atoms with Crippen molar-refractivity contribution in [3.05, 3.63) is 163 Å². The largest absolute Gasteiger partial charge is 0.327 e. The molecule has 1 aromatic heterocycles. The van der Waals surface area contributed by atoms with Gasteiger partial charge in [0, 0.05) is 33.8 Å². The molecule has 280 valence electrons. The zero-order chi connectivity index (χ0) is 38.7. The normalized spacial score (nSPS) is 27.7. The summed E-state index contributed by atoms with van der Waals surface area (Å²) in [6.07, 6.45) is 14.2. The van der Waals surface area contributed by atoms with Crippen LogP contribution in [0.25, 0.3) is 58.0 Å². The Balaban J connectivity index is 1.18. The smallest absolute Gasteiger partial charge is 0.272 e. The average molecular weight is 777 g/mol. The summed E-state index contributed by atoms with van der Waals surface area (Å²) in [5.74, 6) is 7.06. The molecule has 8 aliphatic rings. The Kier molecular flexibility index (Phi) is 6.00. The van der Waals surface area contributed by atoms with Crippen molar-refractivity contribution >= 4 is 101 Å². The first-order valence-corrected chi connectivity index (χ1v) is 23.4. The minimum atomic E-state index is -2.96. The molecule has 3 aliphatic carbocycles. The Morgan fingerprint density at radius 2 is 0.898 bits per heavy atom. The van der Waals surface area contributed by atoms with E-state index in [1.807, 2.05) is 0 Å². The molecule has 6 aromatic rings. The minimum absolute atomic E-state index is 0.0462. The molecule has 0 saturated carbocycles. The van der Waals surface area contributed by atoms with E-state index in [2.05, 4.69) is 178 Å². The van der Waals surface area contributed by atoms with Crippen LogP contribution in [0.4, 0.5) is 11.6 Å². The van der Waals surface area contributed by atoms with Crippen molar-refractivity contribution in [2.45, 2.75) is 13.1 Å². The van der Waals surface area contributed by atoms with E-state index in [4.69, 9.17) is 20.0 Å². The van der Waals surface area contributed by atoms with E-state index < -0.39 is 8.40 Å². The van der Waals surface area contributed by atoms with Gasteiger partial charge in [0.25, 0.3) is 8.40 Å². The van der Waals surface area contributed by atoms with E-state index in [0.717, 1.165) is 68.5 Å². The molecule has 6 heterocycles. The van der Waals surface area contributed by atoms with Crippen LogP contribution < -0.4 is 41.9 Å². The monoisotopic (exact) mass is 776 g/mol. The summed E-state index contributed by atoms with van der Waals surface area (Å²) in [5, 5.41) is 19.4. The minimum Gasteiger partial charge on any atom is -0.327 e. The fourth-order valence-electron chi connectivity index (χ4n) is 10.8. The van der Waals surface area contributed by atoms with Gasteiger partial charge in [0.15, 0.2) is 0 Å². The maximum absolute atomic E-state index is 5.80. The zero-order valence-electron chi connectivity index (χ0n) is 32.3. The van der Waals surface area contributed by atoms with Gasteiger partial charge in [0.1, 0.15) is 46.6 Å². The van der Waals surface area contributed by atoms with Crippen LogP contribution in [-0.4, -0.2) is 40.5 Å². The van der Waals surface area contributed by atoms with Crippen LogP contribution in [0.15, 0.2) is 152 Å². The molecule has 4 unspecified atom stereocenters. The summed E-state index contributed by atoms with van der Waals surface area (Å²) in [7, 11) is -2.96. The standard InChI is InChI=1S/C50H36N8Si/c1-59(2)57-47-39-23-31-15-7-8-16-32(31)24-40(39)49(57)55-45-37-21-29-13-5-6-14-30(29)22-38(37)46(52-45)56-50-42-26-34-18-10-9-17-33(34)25-41(42)48(58(50)59)54-44-36-20-28-12-4-3-11-27(28)19-35(36)43(51-44)53-47/h3-26,35,37,41-42H,1-2H3,(H,51,53)(H,52,55)/b54-48-,56-50-. The van der Waals surface area contributed by atoms with Crippen LogP contribution in [0.5, 0.6) is 0 Å². The van der Waals surface area contributed by atoms with Gasteiger partial charge in [0.05, 0.1) is 11.8 Å². The molecular formula is C50H36N8Si. The van der Waals surface area contributed by atoms with Gasteiger partial charge in [0.2, 0.25) is 0 Å². The summed E-state index contributed by atoms with van der Waals surface area (Å²) in [4.78, 5) is 23.2. The Bertz CT molecular complexity index is 3410. The highest BCUT2D eigenvalue weighted by Gasteiger charge is 2.53. The second-order valence-electron chi connectivity index (χ2n) is 17.2. The zero-order valence-corrected chi connectivity index (χ0v) is 33.3. The number of nitrogens with one attached hydrogen (secondary N) is 2. The maximum Gasteiger partial charge on any atom is 0.272 e. The molecule has 5 aromatic carbocycles. The van der Waals surface area contributed by atoms with Crippen molar-refractivity contribution < 1.29 is 0 Å². The molecule has 4 atom stereocenters. The lowest BCUT2D eigenvalue weighted by molar-refractivity contribution is 0.829. The van der Waals surface area contributed by atoms with E-state index in [0.29, 0.717) is 0 Å². The van der Waals surface area contributed by atoms with Crippen molar-refractivity contribution in [2.75, 3.05) is 0 Å². The number of hydrogen-bond donors (Lipinski definition) is 2. The molecular weight excluding hydrogens is 741 g/mol. The molecule has 1 saturated heterocycles. The van der Waals surface area contributed by atoms with Gasteiger partial charge in [-0.15, -0.1) is 0 Å². The first-order chi connectivity index (χ1) is 28.9. The van der Waals surface area contributed by atoms with Gasteiger partial charge in [-0.25, -0.2) is 20.0 Å². The molecule has 6 bridgehead atoms. The number of nitrogens with zero attached hydrogens (tertiary/aromatic N) is 6. The molecule has 59 heavy (non-hydrogen) atoms. The van der Waals surface area contributed by atoms with E-state index in [1.165, 1.54) is 42.1 Å². The summed E-state index contributed by atoms with van der Waals surface area (Å²) in [6.45, 7) is 4.86. The molecule has 5 aliphatic heterocycles. The van der Waals surface area contributed by atoms with Crippen molar-refractivity contribution in [3.8, 4) is 0 Å². The first kappa shape index (κ1) is 31.9. The van der Waals surface area contributed by atoms with Gasteiger partial charge in [-0.3, -0.25) is 0 Å². The van der Waals surface area contributed by atoms with E-state index in [9.17, 15) is 0 Å². The summed E-state index contributed by atoms with van der Waals surface area (Å²) in [6, 6.07) is 39.3. The highest BCUT2D eigenvalue weighted by molar-refractivity contribution is 6.79. The number of amidine groups is 4. The Labute approximate surface area is 339 Å². The Morgan fingerprint density at radius 1 is 0.492 bits per heavy atom. The lowest BCUT2D eigenvalue weighted by Crippen LogP contribution is -2.58. The van der Waals surface area contributed by atoms with E-state index >= 15 is 0 Å². The quantitative estimate of drug-likeness (QED) is 0.224. The van der Waals surface area contributed by atoms with Crippen LogP contribution in [0.2, 0.25) is 13.1 Å². The van der Waals surface area contributed by atoms with Gasteiger partial charge < -0.3 is 19.4 Å². The van der Waals surface area contributed by atoms with E-state index in [1.54, 1.807) is 0 Å². The number of benzene rings is 5. The highest BCUT2D eigenvalue weighted by atomic mass is 28.3. The lowest BCUT2D eigenvalue weighted by Gasteiger charge is -2.39. The SMILES string of the molecule is C[Si]1(C)N2/C3=N\C4=C5C=c6ccccc6=CC5/C(=N/c5c6cc7ccccc7cc6c(n51)/N=C1\NC(=C5C=c6ccccc6=CC51)/N=C\2C1C=c2ccccc2=CC31)N4. The van der Waals surface area contributed by atoms with Crippen LogP contribution in [0.1, 0.15) is 0 Å². The fraction of sp³-hybridized carbons (Fsp3) is 0.120. The van der Waals surface area contributed by atoms with Gasteiger partial charge in [-0.1, -0.05) is 121 Å². The molecule has 1 fully saturated rings. The first-order valence-electron chi connectivity index (χ1n) is 20.6. The van der Waals surface area contributed by atoms with Crippen LogP contribution >= 0.6 is 0 Å². The molecule has 0 amide bonds. The van der Waals surface area contributed by atoms with Crippen molar-refractivity contribution in [1.82, 2.24) is 19.4 Å². The number of fused-ring (bicyclic) bond motifs is 18. The third kappa shape index (κ3) is 4.27. The number of aliphatic imine (C=N–C) groups is 4. The van der Waals surface area contributed by atoms with Crippen molar-refractivity contribution in [2.24, 2.45) is 43.6 Å². The number of aromatic nitrogens is 1. The molecule has 9 heteroatoms. The summed E-state index contributed by atoms with van der Waals surface area (Å²) in [5.41, 5.74) is 2.27. The van der Waals surface area contributed by atoms with Gasteiger partial charge in [-0.2, -0.15) is 0 Å². The van der Waals surface area contributed by atoms with Crippen molar-refractivity contribution in [3.63, 3.8) is 0 Å². The average Bonchev–Trinajstić information content (AvgIpc) is 3.95. The molecule has 0 spiro atoms. The topological polar surface area (TPSA) is 81.7 Å². The van der Waals surface area contributed by atoms with Crippen LogP contribution in [-0.2, 0) is 0 Å². The summed E-state index contributed by atoms with van der Waals surface area (Å²) >= 11 is 0. The number of rotatable bonds is 0. The predicted molar refractivity (Wildman–Crippen MR) is 241 cm³/mol. The van der Waals surface area contributed by atoms with Crippen LogP contribution in [0.3, 0.4) is 0 Å². The second-order valence-corrected chi connectivity index (χ2v) is 21.1. The summed E-state index contributed by atoms with van der Waals surface area (Å²) < 4.78 is 5.07. The maximum atomic E-state index is 5.80. The second kappa shape index (κ2) is 11.1. The number of hydrogen-bond acceptors (Lipinski definition) is 7. The molecule has 8 nitrogen and oxygen atoms in total. The predicted octanol–water partition coefficient (Wildman–Crippen LogP) is 4.46. The molecule has 14 rings (SSSR count). The Morgan fingerprint density at radius 3 is 1.36 bits per heavy atom. The van der Waals surface area contributed by atoms with Gasteiger partial charge in [-0.05, 0) is 79.5 Å². The molecule has 0 radical (unpaired) electrons. The third-order valence-electron chi connectivity index (χ3n) is 13.6.